The Labute approximate surface area is 238 Å². The summed E-state index contributed by atoms with van der Waals surface area (Å²) >= 11 is 6.69. The van der Waals surface area contributed by atoms with Crippen LogP contribution < -0.4 is 14.4 Å². The van der Waals surface area contributed by atoms with Crippen LogP contribution in [0.4, 0.5) is 5.82 Å². The number of ether oxygens (including phenoxy) is 2. The first-order chi connectivity index (χ1) is 19.3. The third-order valence-electron chi connectivity index (χ3n) is 6.84. The summed E-state index contributed by atoms with van der Waals surface area (Å²) in [5, 5.41) is 14.8. The molecule has 0 amide bonds. The van der Waals surface area contributed by atoms with Gasteiger partial charge in [-0.15, -0.1) is 0 Å². The molecule has 1 atom stereocenters. The molecular formula is C29H33ClN6O4. The van der Waals surface area contributed by atoms with Crippen molar-refractivity contribution in [2.24, 2.45) is 0 Å². The van der Waals surface area contributed by atoms with E-state index in [0.29, 0.717) is 65.7 Å². The minimum absolute atomic E-state index is 0.191. The monoisotopic (exact) mass is 564 g/mol. The average Bonchev–Trinajstić information content (AvgIpc) is 3.51. The molecule has 11 heteroatoms. The van der Waals surface area contributed by atoms with Gasteiger partial charge in [0.15, 0.2) is 5.82 Å². The van der Waals surface area contributed by atoms with E-state index < -0.39 is 6.10 Å². The molecule has 1 aliphatic heterocycles. The average molecular weight is 565 g/mol. The van der Waals surface area contributed by atoms with Crippen LogP contribution in [-0.4, -0.2) is 49.5 Å². The van der Waals surface area contributed by atoms with Crippen LogP contribution in [0.3, 0.4) is 0 Å². The summed E-state index contributed by atoms with van der Waals surface area (Å²) in [5.41, 5.74) is 5.69. The number of anilines is 1. The zero-order valence-corrected chi connectivity index (χ0v) is 24.1. The van der Waals surface area contributed by atoms with Crippen LogP contribution >= 0.6 is 11.6 Å². The Morgan fingerprint density at radius 1 is 1.10 bits per heavy atom. The fourth-order valence-electron chi connectivity index (χ4n) is 4.86. The maximum atomic E-state index is 10.1. The van der Waals surface area contributed by atoms with E-state index in [2.05, 4.69) is 20.0 Å². The summed E-state index contributed by atoms with van der Waals surface area (Å²) in [4.78, 5) is 21.1. The SMILES string of the molecule is CCC[C@@H](O)COc1ccc(Cl)c(-c2nc(-c3c(C)noc3C)c(C)c(N3Cc4cnc(OCC)nc4C3)n2)c1. The summed E-state index contributed by atoms with van der Waals surface area (Å²) in [5.74, 6) is 2.43. The number of rotatable bonds is 10. The van der Waals surface area contributed by atoms with Crippen LogP contribution in [0.15, 0.2) is 28.9 Å². The third-order valence-corrected chi connectivity index (χ3v) is 7.17. The zero-order chi connectivity index (χ0) is 28.4. The van der Waals surface area contributed by atoms with Crippen molar-refractivity contribution in [1.82, 2.24) is 25.1 Å². The number of aliphatic hydroxyl groups excluding tert-OH is 1. The molecule has 0 fully saturated rings. The molecule has 1 aromatic carbocycles. The first kappa shape index (κ1) is 27.8. The van der Waals surface area contributed by atoms with Crippen molar-refractivity contribution in [1.29, 1.82) is 0 Å². The van der Waals surface area contributed by atoms with Crippen molar-refractivity contribution in [3.8, 4) is 34.4 Å². The highest BCUT2D eigenvalue weighted by Crippen LogP contribution is 2.39. The Balaban J connectivity index is 1.58. The molecule has 10 nitrogen and oxygen atoms in total. The Bertz CT molecular complexity index is 1510. The highest BCUT2D eigenvalue weighted by Gasteiger charge is 2.28. The van der Waals surface area contributed by atoms with E-state index in [1.807, 2.05) is 46.9 Å². The Morgan fingerprint density at radius 2 is 1.93 bits per heavy atom. The standard InChI is InChI=1S/C29H33ClN6O4/c1-6-8-20(37)15-39-21-9-10-23(30)22(11-21)27-33-26(25-17(4)35-40-18(25)5)16(3)28(34-27)36-13-19-12-31-29(38-7-2)32-24(19)14-36/h9-12,20,37H,6-8,13-15H2,1-5H3/t20-/m1/s1. The molecule has 0 spiro atoms. The predicted octanol–water partition coefficient (Wildman–Crippen LogP) is 5.63. The van der Waals surface area contributed by atoms with Crippen LogP contribution in [0.25, 0.3) is 22.6 Å². The zero-order valence-electron chi connectivity index (χ0n) is 23.4. The molecule has 0 saturated heterocycles. The molecule has 5 rings (SSSR count). The lowest BCUT2D eigenvalue weighted by atomic mass is 10.0. The summed E-state index contributed by atoms with van der Waals surface area (Å²) in [6.45, 7) is 11.5. The van der Waals surface area contributed by atoms with Crippen LogP contribution in [0.2, 0.25) is 5.02 Å². The van der Waals surface area contributed by atoms with E-state index in [9.17, 15) is 5.11 Å². The predicted molar refractivity (Wildman–Crippen MR) is 152 cm³/mol. The molecule has 1 N–H and O–H groups in total. The van der Waals surface area contributed by atoms with Crippen LogP contribution in [0.1, 0.15) is 55.0 Å². The molecule has 210 valence electrons. The lowest BCUT2D eigenvalue weighted by Gasteiger charge is -2.22. The Kier molecular flexibility index (Phi) is 8.18. The number of aromatic nitrogens is 5. The maximum Gasteiger partial charge on any atom is 0.316 e. The normalized spacial score (nSPS) is 13.4. The van der Waals surface area contributed by atoms with Crippen LogP contribution in [-0.2, 0) is 13.1 Å². The summed E-state index contributed by atoms with van der Waals surface area (Å²) < 4.78 is 16.9. The number of hydrogen-bond acceptors (Lipinski definition) is 10. The van der Waals surface area contributed by atoms with Crippen LogP contribution in [0.5, 0.6) is 11.8 Å². The van der Waals surface area contributed by atoms with E-state index in [4.69, 9.17) is 35.6 Å². The second kappa shape index (κ2) is 11.8. The Hall–Kier alpha value is -3.76. The van der Waals surface area contributed by atoms with Gasteiger partial charge in [0.05, 0.1) is 46.9 Å². The van der Waals surface area contributed by atoms with Gasteiger partial charge < -0.3 is 24.0 Å². The fourth-order valence-corrected chi connectivity index (χ4v) is 5.06. The minimum atomic E-state index is -0.541. The van der Waals surface area contributed by atoms with Crippen molar-refractivity contribution in [2.45, 2.75) is 66.7 Å². The maximum absolute atomic E-state index is 10.1. The largest absolute Gasteiger partial charge is 0.491 e. The van der Waals surface area contributed by atoms with Gasteiger partial charge in [-0.1, -0.05) is 30.1 Å². The highest BCUT2D eigenvalue weighted by atomic mass is 35.5. The molecule has 4 heterocycles. The van der Waals surface area contributed by atoms with E-state index in [1.165, 1.54) is 0 Å². The second-order valence-electron chi connectivity index (χ2n) is 9.85. The van der Waals surface area contributed by atoms with Gasteiger partial charge in [-0.25, -0.2) is 15.0 Å². The molecule has 1 aliphatic rings. The van der Waals surface area contributed by atoms with E-state index in [0.717, 1.165) is 40.3 Å². The van der Waals surface area contributed by atoms with E-state index >= 15 is 0 Å². The molecule has 40 heavy (non-hydrogen) atoms. The molecule has 0 aliphatic carbocycles. The number of benzene rings is 1. The molecule has 0 saturated carbocycles. The number of aliphatic hydroxyl groups is 1. The van der Waals surface area contributed by atoms with Gasteiger partial charge in [-0.05, 0) is 52.3 Å². The van der Waals surface area contributed by atoms with Gasteiger partial charge in [0.25, 0.3) is 0 Å². The lowest BCUT2D eigenvalue weighted by Crippen LogP contribution is -2.19. The third kappa shape index (κ3) is 5.59. The lowest BCUT2D eigenvalue weighted by molar-refractivity contribution is 0.0994. The molecular weight excluding hydrogens is 532 g/mol. The summed E-state index contributed by atoms with van der Waals surface area (Å²) in [7, 11) is 0. The van der Waals surface area contributed by atoms with E-state index in [1.54, 1.807) is 12.1 Å². The Morgan fingerprint density at radius 3 is 2.65 bits per heavy atom. The van der Waals surface area contributed by atoms with Gasteiger partial charge in [0, 0.05) is 29.4 Å². The van der Waals surface area contributed by atoms with Gasteiger partial charge in [-0.3, -0.25) is 0 Å². The number of nitrogens with zero attached hydrogens (tertiary/aromatic N) is 6. The van der Waals surface area contributed by atoms with Gasteiger partial charge in [0.2, 0.25) is 0 Å². The van der Waals surface area contributed by atoms with Crippen LogP contribution in [0, 0.1) is 20.8 Å². The minimum Gasteiger partial charge on any atom is -0.491 e. The molecule has 0 bridgehead atoms. The molecule has 0 unspecified atom stereocenters. The molecule has 3 aromatic heterocycles. The summed E-state index contributed by atoms with van der Waals surface area (Å²) in [6, 6.07) is 5.71. The quantitative estimate of drug-likeness (QED) is 0.259. The number of aryl methyl sites for hydroxylation is 2. The number of fused-ring (bicyclic) bond motifs is 1. The number of halogens is 1. The molecule has 4 aromatic rings. The van der Waals surface area contributed by atoms with Gasteiger partial charge in [-0.2, -0.15) is 4.98 Å². The van der Waals surface area contributed by atoms with Crippen molar-refractivity contribution >= 4 is 17.4 Å². The highest BCUT2D eigenvalue weighted by molar-refractivity contribution is 6.33. The van der Waals surface area contributed by atoms with Crippen molar-refractivity contribution in [3.63, 3.8) is 0 Å². The van der Waals surface area contributed by atoms with Crippen molar-refractivity contribution in [3.05, 3.63) is 57.7 Å². The topological polar surface area (TPSA) is 120 Å². The van der Waals surface area contributed by atoms with Crippen molar-refractivity contribution in [2.75, 3.05) is 18.1 Å². The van der Waals surface area contributed by atoms with Gasteiger partial charge >= 0.3 is 6.01 Å². The first-order valence-corrected chi connectivity index (χ1v) is 13.8. The van der Waals surface area contributed by atoms with Gasteiger partial charge in [0.1, 0.15) is 23.9 Å². The van der Waals surface area contributed by atoms with E-state index in [-0.39, 0.29) is 6.61 Å². The summed E-state index contributed by atoms with van der Waals surface area (Å²) in [6.07, 6.45) is 2.81. The first-order valence-electron chi connectivity index (χ1n) is 13.4. The fraction of sp³-hybridized carbons (Fsp3) is 0.414. The van der Waals surface area contributed by atoms with Crippen molar-refractivity contribution < 1.29 is 19.1 Å². The number of hydrogen-bond donors (Lipinski definition) is 1. The second-order valence-corrected chi connectivity index (χ2v) is 10.3. The molecule has 0 radical (unpaired) electrons. The smallest absolute Gasteiger partial charge is 0.316 e.